The minimum atomic E-state index is -1.31. The second kappa shape index (κ2) is 4.36. The molecule has 0 bridgehead atoms. The van der Waals surface area contributed by atoms with E-state index in [-0.39, 0.29) is 0 Å². The Morgan fingerprint density at radius 1 is 1.43 bits per heavy atom. The lowest BCUT2D eigenvalue weighted by molar-refractivity contribution is -0.107. The number of carbonyl (C=O) groups is 1. The van der Waals surface area contributed by atoms with Crippen molar-refractivity contribution in [1.82, 2.24) is 0 Å². The van der Waals surface area contributed by atoms with Gasteiger partial charge in [-0.1, -0.05) is 24.3 Å². The van der Waals surface area contributed by atoms with Crippen LogP contribution >= 0.6 is 0 Å². The first-order chi connectivity index (χ1) is 6.54. The van der Waals surface area contributed by atoms with Crippen LogP contribution < -0.4 is 0 Å². The van der Waals surface area contributed by atoms with E-state index in [2.05, 4.69) is 0 Å². The standard InChI is InChI=1S/C12H15FO/c1-12(2,13)11-7-3-5-10(9-11)6-4-8-14/h3,5,7-9H,4,6H2,1-2H3. The number of hydrogen-bond acceptors (Lipinski definition) is 1. The number of benzene rings is 1. The zero-order chi connectivity index (χ0) is 10.6. The Bertz CT molecular complexity index is 312. The fraction of sp³-hybridized carbons (Fsp3) is 0.417. The molecule has 1 aromatic carbocycles. The molecule has 0 unspecified atom stereocenters. The van der Waals surface area contributed by atoms with Crippen molar-refractivity contribution in [2.24, 2.45) is 0 Å². The van der Waals surface area contributed by atoms with Crippen molar-refractivity contribution in [3.05, 3.63) is 35.4 Å². The van der Waals surface area contributed by atoms with Crippen molar-refractivity contribution in [2.75, 3.05) is 0 Å². The number of aryl methyl sites for hydroxylation is 1. The summed E-state index contributed by atoms with van der Waals surface area (Å²) in [6.45, 7) is 3.07. The van der Waals surface area contributed by atoms with E-state index >= 15 is 0 Å². The second-order valence-corrected chi connectivity index (χ2v) is 3.88. The van der Waals surface area contributed by atoms with Gasteiger partial charge in [0.15, 0.2) is 0 Å². The molecule has 0 saturated heterocycles. The Labute approximate surface area is 83.9 Å². The van der Waals surface area contributed by atoms with Crippen LogP contribution in [0.4, 0.5) is 4.39 Å². The summed E-state index contributed by atoms with van der Waals surface area (Å²) in [6.07, 6.45) is 2.07. The Morgan fingerprint density at radius 2 is 2.14 bits per heavy atom. The summed E-state index contributed by atoms with van der Waals surface area (Å²) in [4.78, 5) is 10.2. The van der Waals surface area contributed by atoms with Gasteiger partial charge in [-0.2, -0.15) is 0 Å². The lowest BCUT2D eigenvalue weighted by Crippen LogP contribution is -2.09. The highest BCUT2D eigenvalue weighted by atomic mass is 19.1. The molecule has 1 aromatic rings. The van der Waals surface area contributed by atoms with Crippen molar-refractivity contribution in [1.29, 1.82) is 0 Å². The van der Waals surface area contributed by atoms with Crippen LogP contribution in [-0.4, -0.2) is 6.29 Å². The maximum atomic E-state index is 13.6. The molecule has 0 saturated carbocycles. The Hall–Kier alpha value is -1.18. The van der Waals surface area contributed by atoms with Gasteiger partial charge in [-0.3, -0.25) is 0 Å². The molecule has 0 amide bonds. The van der Waals surface area contributed by atoms with Gasteiger partial charge in [-0.15, -0.1) is 0 Å². The third-order valence-corrected chi connectivity index (χ3v) is 2.16. The van der Waals surface area contributed by atoms with Crippen LogP contribution in [0.1, 0.15) is 31.4 Å². The van der Waals surface area contributed by atoms with Crippen LogP contribution in [-0.2, 0) is 16.9 Å². The van der Waals surface area contributed by atoms with Crippen LogP contribution in [0.15, 0.2) is 24.3 Å². The molecule has 0 radical (unpaired) electrons. The van der Waals surface area contributed by atoms with Gasteiger partial charge in [0.1, 0.15) is 12.0 Å². The third kappa shape index (κ3) is 2.95. The van der Waals surface area contributed by atoms with Gasteiger partial charge in [-0.05, 0) is 31.4 Å². The maximum Gasteiger partial charge on any atom is 0.130 e. The van der Waals surface area contributed by atoms with E-state index in [1.165, 1.54) is 13.8 Å². The van der Waals surface area contributed by atoms with Crippen LogP contribution in [0, 0.1) is 0 Å². The van der Waals surface area contributed by atoms with Gasteiger partial charge >= 0.3 is 0 Å². The summed E-state index contributed by atoms with van der Waals surface area (Å²) in [7, 11) is 0. The highest BCUT2D eigenvalue weighted by Crippen LogP contribution is 2.25. The molecular weight excluding hydrogens is 179 g/mol. The minimum Gasteiger partial charge on any atom is -0.303 e. The van der Waals surface area contributed by atoms with Gasteiger partial charge < -0.3 is 4.79 Å². The van der Waals surface area contributed by atoms with E-state index in [0.717, 1.165) is 11.8 Å². The molecule has 0 N–H and O–H groups in total. The number of hydrogen-bond donors (Lipinski definition) is 0. The predicted molar refractivity (Wildman–Crippen MR) is 55.0 cm³/mol. The van der Waals surface area contributed by atoms with E-state index in [9.17, 15) is 9.18 Å². The van der Waals surface area contributed by atoms with Crippen molar-refractivity contribution >= 4 is 6.29 Å². The van der Waals surface area contributed by atoms with Gasteiger partial charge in [0.2, 0.25) is 0 Å². The summed E-state index contributed by atoms with van der Waals surface area (Å²) in [5, 5.41) is 0. The van der Waals surface area contributed by atoms with Gasteiger partial charge in [0.05, 0.1) is 0 Å². The fourth-order valence-electron chi connectivity index (χ4n) is 1.32. The van der Waals surface area contributed by atoms with Crippen LogP contribution in [0.25, 0.3) is 0 Å². The monoisotopic (exact) mass is 194 g/mol. The molecule has 1 nitrogen and oxygen atoms in total. The first kappa shape index (κ1) is 10.9. The van der Waals surface area contributed by atoms with Gasteiger partial charge in [0.25, 0.3) is 0 Å². The SMILES string of the molecule is CC(C)(F)c1cccc(CCC=O)c1. The smallest absolute Gasteiger partial charge is 0.130 e. The third-order valence-electron chi connectivity index (χ3n) is 2.16. The molecule has 0 spiro atoms. The molecular formula is C12H15FO. The van der Waals surface area contributed by atoms with Crippen molar-refractivity contribution in [2.45, 2.75) is 32.4 Å². The fourth-order valence-corrected chi connectivity index (χ4v) is 1.32. The number of aldehydes is 1. The lowest BCUT2D eigenvalue weighted by Gasteiger charge is -2.15. The first-order valence-corrected chi connectivity index (χ1v) is 4.76. The number of halogens is 1. The van der Waals surface area contributed by atoms with E-state index in [1.54, 1.807) is 6.07 Å². The average Bonchev–Trinajstić information content (AvgIpc) is 2.14. The van der Waals surface area contributed by atoms with E-state index in [1.807, 2.05) is 18.2 Å². The molecule has 0 aliphatic heterocycles. The molecule has 0 aliphatic carbocycles. The Kier molecular flexibility index (Phi) is 3.39. The second-order valence-electron chi connectivity index (χ2n) is 3.88. The summed E-state index contributed by atoms with van der Waals surface area (Å²) < 4.78 is 13.6. The average molecular weight is 194 g/mol. The molecule has 1 rings (SSSR count). The zero-order valence-electron chi connectivity index (χ0n) is 8.59. The zero-order valence-corrected chi connectivity index (χ0v) is 8.59. The van der Waals surface area contributed by atoms with E-state index in [4.69, 9.17) is 0 Å². The Balaban J connectivity index is 2.84. The molecule has 0 aromatic heterocycles. The number of carbonyl (C=O) groups excluding carboxylic acids is 1. The summed E-state index contributed by atoms with van der Waals surface area (Å²) in [5.41, 5.74) is 0.373. The van der Waals surface area contributed by atoms with Crippen LogP contribution in [0.2, 0.25) is 0 Å². The van der Waals surface area contributed by atoms with Gasteiger partial charge in [0, 0.05) is 6.42 Å². The molecule has 0 atom stereocenters. The minimum absolute atomic E-state index is 0.496. The van der Waals surface area contributed by atoms with Crippen molar-refractivity contribution < 1.29 is 9.18 Å². The molecule has 76 valence electrons. The first-order valence-electron chi connectivity index (χ1n) is 4.76. The van der Waals surface area contributed by atoms with Crippen molar-refractivity contribution in [3.8, 4) is 0 Å². The maximum absolute atomic E-state index is 13.6. The molecule has 0 aliphatic rings. The van der Waals surface area contributed by atoms with Crippen LogP contribution in [0.3, 0.4) is 0 Å². The molecule has 14 heavy (non-hydrogen) atoms. The topological polar surface area (TPSA) is 17.1 Å². The van der Waals surface area contributed by atoms with Gasteiger partial charge in [-0.25, -0.2) is 4.39 Å². The molecule has 0 heterocycles. The number of rotatable bonds is 4. The summed E-state index contributed by atoms with van der Waals surface area (Å²) >= 11 is 0. The molecule has 0 fully saturated rings. The lowest BCUT2D eigenvalue weighted by atomic mass is 9.97. The van der Waals surface area contributed by atoms with E-state index in [0.29, 0.717) is 18.4 Å². The number of alkyl halides is 1. The summed E-state index contributed by atoms with van der Waals surface area (Å²) in [6, 6.07) is 7.34. The highest BCUT2D eigenvalue weighted by molar-refractivity contribution is 5.50. The van der Waals surface area contributed by atoms with E-state index < -0.39 is 5.67 Å². The quantitative estimate of drug-likeness (QED) is 0.673. The summed E-state index contributed by atoms with van der Waals surface area (Å²) in [5.74, 6) is 0. The molecule has 2 heteroatoms. The normalized spacial score (nSPS) is 11.4. The van der Waals surface area contributed by atoms with Crippen LogP contribution in [0.5, 0.6) is 0 Å². The Morgan fingerprint density at radius 3 is 2.71 bits per heavy atom. The highest BCUT2D eigenvalue weighted by Gasteiger charge is 2.18. The predicted octanol–water partition coefficient (Wildman–Crippen LogP) is 3.02. The van der Waals surface area contributed by atoms with Crippen molar-refractivity contribution in [3.63, 3.8) is 0 Å². The largest absolute Gasteiger partial charge is 0.303 e.